The minimum Gasteiger partial charge on any atom is -0.309 e. The zero-order chi connectivity index (χ0) is 14.4. The van der Waals surface area contributed by atoms with E-state index in [0.29, 0.717) is 6.04 Å². The van der Waals surface area contributed by atoms with Crippen LogP contribution >= 0.6 is 0 Å². The van der Waals surface area contributed by atoms with Crippen LogP contribution < -0.4 is 10.6 Å². The molecule has 2 unspecified atom stereocenters. The lowest BCUT2D eigenvalue weighted by Gasteiger charge is -2.48. The summed E-state index contributed by atoms with van der Waals surface area (Å²) in [7, 11) is 0. The number of piperidine rings is 2. The molecular weight excluding hydrogens is 246 g/mol. The highest BCUT2D eigenvalue weighted by atomic mass is 15.2. The van der Waals surface area contributed by atoms with Gasteiger partial charge in [0.25, 0.3) is 0 Å². The molecule has 0 aromatic carbocycles. The molecule has 3 aliphatic rings. The molecule has 2 atom stereocenters. The molecule has 20 heavy (non-hydrogen) atoms. The quantitative estimate of drug-likeness (QED) is 0.813. The number of fused-ring (bicyclic) bond motifs is 1. The average molecular weight is 279 g/mol. The monoisotopic (exact) mass is 279 g/mol. The van der Waals surface area contributed by atoms with Crippen molar-refractivity contribution in [1.29, 1.82) is 0 Å². The van der Waals surface area contributed by atoms with Crippen LogP contribution in [-0.4, -0.2) is 47.2 Å². The zero-order valence-corrected chi connectivity index (χ0v) is 13.8. The van der Waals surface area contributed by atoms with Crippen LogP contribution in [0, 0.1) is 0 Å². The molecule has 3 saturated heterocycles. The minimum absolute atomic E-state index is 0.254. The van der Waals surface area contributed by atoms with E-state index in [0.717, 1.165) is 12.1 Å². The summed E-state index contributed by atoms with van der Waals surface area (Å²) < 4.78 is 0. The molecule has 0 aromatic rings. The van der Waals surface area contributed by atoms with Gasteiger partial charge in [0.2, 0.25) is 0 Å². The smallest absolute Gasteiger partial charge is 0.0249 e. The van der Waals surface area contributed by atoms with Crippen LogP contribution in [0.25, 0.3) is 0 Å². The number of nitrogens with zero attached hydrogens (tertiary/aromatic N) is 1. The van der Waals surface area contributed by atoms with Gasteiger partial charge >= 0.3 is 0 Å². The van der Waals surface area contributed by atoms with E-state index in [-0.39, 0.29) is 11.1 Å². The molecule has 0 bridgehead atoms. The Bertz CT molecular complexity index is 334. The van der Waals surface area contributed by atoms with Crippen molar-refractivity contribution in [3.63, 3.8) is 0 Å². The summed E-state index contributed by atoms with van der Waals surface area (Å²) in [5, 5.41) is 7.84. The van der Waals surface area contributed by atoms with Gasteiger partial charge in [-0.05, 0) is 66.3 Å². The SMILES string of the molecule is CC1(C)CC(NC2CCN3CCCCC23)CC(C)(C)N1. The van der Waals surface area contributed by atoms with E-state index in [1.165, 1.54) is 51.6 Å². The predicted molar refractivity (Wildman–Crippen MR) is 85.1 cm³/mol. The standard InChI is InChI=1S/C17H33N3/c1-16(2)11-13(12-17(3,4)19-16)18-14-8-10-20-9-6-5-7-15(14)20/h13-15,18-19H,5-12H2,1-4H3. The number of nitrogens with one attached hydrogen (secondary N) is 2. The Morgan fingerprint density at radius 2 is 1.65 bits per heavy atom. The molecule has 116 valence electrons. The van der Waals surface area contributed by atoms with Gasteiger partial charge in [-0.3, -0.25) is 4.90 Å². The van der Waals surface area contributed by atoms with E-state index in [2.05, 4.69) is 43.2 Å². The van der Waals surface area contributed by atoms with Crippen molar-refractivity contribution < 1.29 is 0 Å². The predicted octanol–water partition coefficient (Wildman–Crippen LogP) is 2.51. The molecule has 3 fully saturated rings. The Labute approximate surface area is 124 Å². The largest absolute Gasteiger partial charge is 0.309 e. The maximum absolute atomic E-state index is 4.05. The highest BCUT2D eigenvalue weighted by Gasteiger charge is 2.41. The summed E-state index contributed by atoms with van der Waals surface area (Å²) in [6.07, 6.45) is 8.11. The summed E-state index contributed by atoms with van der Waals surface area (Å²) in [5.74, 6) is 0. The van der Waals surface area contributed by atoms with E-state index in [1.807, 2.05) is 0 Å². The van der Waals surface area contributed by atoms with Gasteiger partial charge in [-0.25, -0.2) is 0 Å². The Morgan fingerprint density at radius 3 is 2.35 bits per heavy atom. The van der Waals surface area contributed by atoms with Crippen LogP contribution in [0.3, 0.4) is 0 Å². The summed E-state index contributed by atoms with van der Waals surface area (Å²) in [6, 6.07) is 2.24. The van der Waals surface area contributed by atoms with Crippen molar-refractivity contribution in [2.75, 3.05) is 13.1 Å². The molecule has 3 nitrogen and oxygen atoms in total. The number of hydrogen-bond donors (Lipinski definition) is 2. The van der Waals surface area contributed by atoms with E-state index >= 15 is 0 Å². The van der Waals surface area contributed by atoms with Crippen LogP contribution in [0.1, 0.15) is 66.2 Å². The van der Waals surface area contributed by atoms with Gasteiger partial charge in [-0.2, -0.15) is 0 Å². The Kier molecular flexibility index (Phi) is 3.89. The third-order valence-corrected chi connectivity index (χ3v) is 5.50. The second-order valence-electron chi connectivity index (χ2n) is 8.66. The van der Waals surface area contributed by atoms with Crippen LogP contribution in [0.15, 0.2) is 0 Å². The van der Waals surface area contributed by atoms with Gasteiger partial charge in [0, 0.05) is 35.7 Å². The van der Waals surface area contributed by atoms with Crippen LogP contribution in [0.5, 0.6) is 0 Å². The van der Waals surface area contributed by atoms with Crippen molar-refractivity contribution in [1.82, 2.24) is 15.5 Å². The molecule has 0 aliphatic carbocycles. The lowest BCUT2D eigenvalue weighted by Crippen LogP contribution is -2.63. The second-order valence-corrected chi connectivity index (χ2v) is 8.66. The fourth-order valence-electron chi connectivity index (χ4n) is 5.18. The van der Waals surface area contributed by atoms with E-state index < -0.39 is 0 Å². The Balaban J connectivity index is 1.62. The maximum Gasteiger partial charge on any atom is 0.0249 e. The van der Waals surface area contributed by atoms with E-state index in [9.17, 15) is 0 Å². The van der Waals surface area contributed by atoms with Gasteiger partial charge in [0.15, 0.2) is 0 Å². The summed E-state index contributed by atoms with van der Waals surface area (Å²) in [5.41, 5.74) is 0.508. The average Bonchev–Trinajstić information content (AvgIpc) is 2.69. The number of hydrogen-bond acceptors (Lipinski definition) is 3. The highest BCUT2D eigenvalue weighted by Crippen LogP contribution is 2.32. The first-order valence-electron chi connectivity index (χ1n) is 8.64. The topological polar surface area (TPSA) is 27.3 Å². The zero-order valence-electron chi connectivity index (χ0n) is 13.8. The van der Waals surface area contributed by atoms with Crippen molar-refractivity contribution in [2.24, 2.45) is 0 Å². The van der Waals surface area contributed by atoms with Crippen LogP contribution in [0.4, 0.5) is 0 Å². The Hall–Kier alpha value is -0.120. The Morgan fingerprint density at radius 1 is 0.950 bits per heavy atom. The highest BCUT2D eigenvalue weighted by molar-refractivity contribution is 5.02. The molecule has 0 amide bonds. The second kappa shape index (κ2) is 5.26. The first-order valence-corrected chi connectivity index (χ1v) is 8.64. The summed E-state index contributed by atoms with van der Waals surface area (Å²) >= 11 is 0. The molecular formula is C17H33N3. The fraction of sp³-hybridized carbons (Fsp3) is 1.00. The van der Waals surface area contributed by atoms with Crippen molar-refractivity contribution >= 4 is 0 Å². The maximum atomic E-state index is 4.05. The fourth-order valence-corrected chi connectivity index (χ4v) is 5.18. The summed E-state index contributed by atoms with van der Waals surface area (Å²) in [6.45, 7) is 12.1. The van der Waals surface area contributed by atoms with Crippen LogP contribution in [0.2, 0.25) is 0 Å². The first kappa shape index (κ1) is 14.8. The molecule has 0 radical (unpaired) electrons. The molecule has 0 spiro atoms. The lowest BCUT2D eigenvalue weighted by molar-refractivity contribution is 0.125. The van der Waals surface area contributed by atoms with E-state index in [4.69, 9.17) is 0 Å². The first-order chi connectivity index (χ1) is 9.35. The molecule has 3 heteroatoms. The molecule has 0 saturated carbocycles. The van der Waals surface area contributed by atoms with Crippen molar-refractivity contribution in [3.8, 4) is 0 Å². The van der Waals surface area contributed by atoms with Gasteiger partial charge in [0.05, 0.1) is 0 Å². The van der Waals surface area contributed by atoms with Gasteiger partial charge < -0.3 is 10.6 Å². The molecule has 3 aliphatic heterocycles. The van der Waals surface area contributed by atoms with Gasteiger partial charge in [0.1, 0.15) is 0 Å². The van der Waals surface area contributed by atoms with Gasteiger partial charge in [-0.15, -0.1) is 0 Å². The van der Waals surface area contributed by atoms with Crippen molar-refractivity contribution in [2.45, 2.75) is 95.4 Å². The third-order valence-electron chi connectivity index (χ3n) is 5.50. The summed E-state index contributed by atoms with van der Waals surface area (Å²) in [4.78, 5) is 2.73. The van der Waals surface area contributed by atoms with Crippen molar-refractivity contribution in [3.05, 3.63) is 0 Å². The normalized spacial score (nSPS) is 37.8. The molecule has 3 heterocycles. The number of rotatable bonds is 2. The van der Waals surface area contributed by atoms with Crippen LogP contribution in [-0.2, 0) is 0 Å². The molecule has 3 rings (SSSR count). The van der Waals surface area contributed by atoms with E-state index in [1.54, 1.807) is 0 Å². The third kappa shape index (κ3) is 3.20. The van der Waals surface area contributed by atoms with Gasteiger partial charge in [-0.1, -0.05) is 6.42 Å². The minimum atomic E-state index is 0.254. The lowest BCUT2D eigenvalue weighted by atomic mass is 9.79. The molecule has 2 N–H and O–H groups in total. The molecule has 0 aromatic heterocycles.